The zero-order valence-corrected chi connectivity index (χ0v) is 14.1. The van der Waals surface area contributed by atoms with E-state index in [9.17, 15) is 15.0 Å². The molecule has 105 valence electrons. The van der Waals surface area contributed by atoms with E-state index in [4.69, 9.17) is 9.47 Å². The number of benzene rings is 2. The van der Waals surface area contributed by atoms with Crippen molar-refractivity contribution < 1.29 is 24.5 Å². The summed E-state index contributed by atoms with van der Waals surface area (Å²) in [5.41, 5.74) is 0.178. The van der Waals surface area contributed by atoms with Crippen molar-refractivity contribution in [1.82, 2.24) is 0 Å². The van der Waals surface area contributed by atoms with Crippen molar-refractivity contribution in [3.8, 4) is 23.0 Å². The Balaban J connectivity index is 0.00000220. The van der Waals surface area contributed by atoms with Gasteiger partial charge in [0, 0.05) is 41.7 Å². The fourth-order valence-corrected chi connectivity index (χ4v) is 1.81. The molecule has 0 aliphatic carbocycles. The Labute approximate surface area is 144 Å². The van der Waals surface area contributed by atoms with Crippen molar-refractivity contribution >= 4 is 35.3 Å². The minimum absolute atomic E-state index is 0. The molecule has 0 fully saturated rings. The van der Waals surface area contributed by atoms with Crippen LogP contribution in [-0.4, -0.2) is 59.8 Å². The van der Waals surface area contributed by atoms with E-state index in [0.29, 0.717) is 11.5 Å². The Hall–Kier alpha value is -1.69. The molecule has 2 rings (SSSR count). The molecule has 0 heterocycles. The maximum absolute atomic E-state index is 12.3. The van der Waals surface area contributed by atoms with Gasteiger partial charge in [0.15, 0.2) is 5.78 Å². The maximum Gasteiger partial charge on any atom is 0.200 e. The number of aromatic hydroxyl groups is 2. The molecule has 1 radical (unpaired) electrons. The molecule has 21 heavy (non-hydrogen) atoms. The zero-order valence-electron chi connectivity index (χ0n) is 12.1. The Morgan fingerprint density at radius 1 is 0.857 bits per heavy atom. The van der Waals surface area contributed by atoms with Crippen LogP contribution in [-0.2, 0) is 0 Å². The number of carbonyl (C=O) groups excluding carboxylic acids is 1. The van der Waals surface area contributed by atoms with Gasteiger partial charge in [-0.1, -0.05) is 0 Å². The molecule has 5 nitrogen and oxygen atoms in total. The predicted molar refractivity (Wildman–Crippen MR) is 78.5 cm³/mol. The number of phenols is 2. The van der Waals surface area contributed by atoms with Crippen LogP contribution >= 0.6 is 0 Å². The molecule has 2 N–H and O–H groups in total. The van der Waals surface area contributed by atoms with E-state index in [2.05, 4.69) is 0 Å². The van der Waals surface area contributed by atoms with E-state index >= 15 is 0 Å². The largest absolute Gasteiger partial charge is 0.507 e. The first-order chi connectivity index (χ1) is 9.56. The van der Waals surface area contributed by atoms with Gasteiger partial charge in [0.1, 0.15) is 23.0 Å². The summed E-state index contributed by atoms with van der Waals surface area (Å²) in [4.78, 5) is 12.3. The molecule has 0 aliphatic rings. The van der Waals surface area contributed by atoms with Gasteiger partial charge < -0.3 is 19.7 Å². The second-order valence-corrected chi connectivity index (χ2v) is 4.10. The Morgan fingerprint density at radius 3 is 1.52 bits per heavy atom. The number of carbonyl (C=O) groups is 1. The number of hydrogen-bond acceptors (Lipinski definition) is 5. The SMILES string of the molecule is COc1ccc(C(=O)c2ccc(OC)cc2O)c(O)c1.[Na]. The smallest absolute Gasteiger partial charge is 0.200 e. The standard InChI is InChI=1S/C15H14O5.Na/c1-19-9-3-5-11(13(16)7-9)15(18)12-6-4-10(20-2)8-14(12)17;/h3-8,16-17H,1-2H3;. The van der Waals surface area contributed by atoms with E-state index in [1.165, 1.54) is 38.5 Å². The molecule has 0 saturated heterocycles. The van der Waals surface area contributed by atoms with Crippen molar-refractivity contribution in [2.75, 3.05) is 14.2 Å². The average Bonchev–Trinajstić information content (AvgIpc) is 2.46. The number of ether oxygens (including phenoxy) is 2. The first-order valence-corrected chi connectivity index (χ1v) is 5.85. The van der Waals surface area contributed by atoms with Gasteiger partial charge in [-0.25, -0.2) is 0 Å². The normalized spacial score (nSPS) is 9.62. The summed E-state index contributed by atoms with van der Waals surface area (Å²) in [6, 6.07) is 8.70. The van der Waals surface area contributed by atoms with Crippen LogP contribution in [0.1, 0.15) is 15.9 Å². The molecule has 0 atom stereocenters. The molecule has 0 unspecified atom stereocenters. The molecule has 0 saturated carbocycles. The van der Waals surface area contributed by atoms with Crippen LogP contribution < -0.4 is 9.47 Å². The topological polar surface area (TPSA) is 76.0 Å². The van der Waals surface area contributed by atoms with E-state index < -0.39 is 5.78 Å². The van der Waals surface area contributed by atoms with Gasteiger partial charge in [0.25, 0.3) is 0 Å². The molecule has 0 aromatic heterocycles. The van der Waals surface area contributed by atoms with Gasteiger partial charge in [0.2, 0.25) is 0 Å². The quantitative estimate of drug-likeness (QED) is 0.666. The first-order valence-electron chi connectivity index (χ1n) is 5.85. The second kappa shape index (κ2) is 7.36. The molecule has 2 aromatic rings. The third-order valence-corrected chi connectivity index (χ3v) is 2.90. The summed E-state index contributed by atoms with van der Waals surface area (Å²) < 4.78 is 9.90. The predicted octanol–water partition coefficient (Wildman–Crippen LogP) is 1.97. The zero-order chi connectivity index (χ0) is 14.7. The van der Waals surface area contributed by atoms with Gasteiger partial charge in [-0.05, 0) is 24.3 Å². The van der Waals surface area contributed by atoms with Crippen molar-refractivity contribution in [3.05, 3.63) is 47.5 Å². The summed E-state index contributed by atoms with van der Waals surface area (Å²) in [5.74, 6) is -0.00421. The number of methoxy groups -OCH3 is 2. The molecule has 6 heteroatoms. The summed E-state index contributed by atoms with van der Waals surface area (Å²) >= 11 is 0. The number of rotatable bonds is 4. The molecular weight excluding hydrogens is 283 g/mol. The van der Waals surface area contributed by atoms with E-state index in [0.717, 1.165) is 0 Å². The van der Waals surface area contributed by atoms with E-state index in [1.54, 1.807) is 12.1 Å². The van der Waals surface area contributed by atoms with Gasteiger partial charge in [-0.3, -0.25) is 4.79 Å². The van der Waals surface area contributed by atoms with Crippen LogP contribution in [0.2, 0.25) is 0 Å². The summed E-state index contributed by atoms with van der Waals surface area (Å²) in [7, 11) is 2.93. The van der Waals surface area contributed by atoms with Crippen molar-refractivity contribution in [3.63, 3.8) is 0 Å². The molecule has 2 aromatic carbocycles. The molecular formula is C15H14NaO5. The van der Waals surface area contributed by atoms with Crippen LogP contribution in [0.3, 0.4) is 0 Å². The van der Waals surface area contributed by atoms with Crippen LogP contribution in [0.4, 0.5) is 0 Å². The minimum Gasteiger partial charge on any atom is -0.507 e. The van der Waals surface area contributed by atoms with Crippen LogP contribution in [0, 0.1) is 0 Å². The Kier molecular flexibility index (Phi) is 6.08. The number of ketones is 1. The molecule has 0 bridgehead atoms. The molecule has 0 aliphatic heterocycles. The van der Waals surface area contributed by atoms with Gasteiger partial charge in [-0.15, -0.1) is 0 Å². The van der Waals surface area contributed by atoms with Gasteiger partial charge in [0.05, 0.1) is 25.3 Å². The van der Waals surface area contributed by atoms with Crippen LogP contribution in [0.25, 0.3) is 0 Å². The molecule has 0 amide bonds. The second-order valence-electron chi connectivity index (χ2n) is 4.10. The van der Waals surface area contributed by atoms with Crippen molar-refractivity contribution in [1.29, 1.82) is 0 Å². The van der Waals surface area contributed by atoms with Gasteiger partial charge in [-0.2, -0.15) is 0 Å². The third kappa shape index (κ3) is 3.69. The van der Waals surface area contributed by atoms with Crippen LogP contribution in [0.15, 0.2) is 36.4 Å². The minimum atomic E-state index is -0.481. The maximum atomic E-state index is 12.3. The van der Waals surface area contributed by atoms with Gasteiger partial charge >= 0.3 is 0 Å². The average molecular weight is 297 g/mol. The molecule has 0 spiro atoms. The van der Waals surface area contributed by atoms with Crippen LogP contribution in [0.5, 0.6) is 23.0 Å². The summed E-state index contributed by atoms with van der Waals surface area (Å²) in [5, 5.41) is 19.7. The van der Waals surface area contributed by atoms with E-state index in [-0.39, 0.29) is 52.2 Å². The Morgan fingerprint density at radius 2 is 1.24 bits per heavy atom. The number of phenolic OH excluding ortho intramolecular Hbond substituents is 2. The van der Waals surface area contributed by atoms with Crippen molar-refractivity contribution in [2.24, 2.45) is 0 Å². The Bertz CT molecular complexity index is 599. The number of hydrogen-bond donors (Lipinski definition) is 2. The first kappa shape index (κ1) is 17.4. The summed E-state index contributed by atoms with van der Waals surface area (Å²) in [6.07, 6.45) is 0. The summed E-state index contributed by atoms with van der Waals surface area (Å²) in [6.45, 7) is 0. The fraction of sp³-hybridized carbons (Fsp3) is 0.133. The van der Waals surface area contributed by atoms with Crippen molar-refractivity contribution in [2.45, 2.75) is 0 Å². The van der Waals surface area contributed by atoms with E-state index in [1.807, 2.05) is 0 Å². The fourth-order valence-electron chi connectivity index (χ4n) is 1.81. The third-order valence-electron chi connectivity index (χ3n) is 2.90. The monoisotopic (exact) mass is 297 g/mol.